The van der Waals surface area contributed by atoms with E-state index in [1.165, 1.54) is 37.8 Å². The van der Waals surface area contributed by atoms with E-state index in [0.717, 1.165) is 13.0 Å². The molecule has 0 aromatic heterocycles. The summed E-state index contributed by atoms with van der Waals surface area (Å²) in [6, 6.07) is 10.00. The molecule has 1 fully saturated rings. The first-order chi connectivity index (χ1) is 14.1. The minimum atomic E-state index is -0.962. The van der Waals surface area contributed by atoms with Gasteiger partial charge in [-0.15, -0.1) is 0 Å². The van der Waals surface area contributed by atoms with Gasteiger partial charge in [-0.1, -0.05) is 31.9 Å². The molecule has 1 saturated heterocycles. The van der Waals surface area contributed by atoms with Crippen molar-refractivity contribution in [3.05, 3.63) is 48.0 Å². The van der Waals surface area contributed by atoms with E-state index in [1.807, 2.05) is 0 Å². The van der Waals surface area contributed by atoms with Gasteiger partial charge in [0.15, 0.2) is 11.6 Å². The van der Waals surface area contributed by atoms with Crippen LogP contribution in [0.1, 0.15) is 46.0 Å². The van der Waals surface area contributed by atoms with Crippen LogP contribution in [0.3, 0.4) is 0 Å². The predicted octanol–water partition coefficient (Wildman–Crippen LogP) is 6.39. The Balaban J connectivity index is 1.54. The van der Waals surface area contributed by atoms with Crippen LogP contribution in [-0.4, -0.2) is 25.9 Å². The van der Waals surface area contributed by atoms with Crippen LogP contribution in [0.15, 0.2) is 36.4 Å². The summed E-state index contributed by atoms with van der Waals surface area (Å²) in [5, 5.41) is 0. The van der Waals surface area contributed by atoms with Gasteiger partial charge in [0.1, 0.15) is 12.4 Å². The van der Waals surface area contributed by atoms with Crippen molar-refractivity contribution in [3.63, 3.8) is 0 Å². The highest BCUT2D eigenvalue weighted by Gasteiger charge is 2.22. The highest BCUT2D eigenvalue weighted by molar-refractivity contribution is 5.66. The van der Waals surface area contributed by atoms with Crippen LogP contribution in [-0.2, 0) is 4.74 Å². The summed E-state index contributed by atoms with van der Waals surface area (Å²) in [7, 11) is 0. The summed E-state index contributed by atoms with van der Waals surface area (Å²) < 4.78 is 45.3. The molecule has 0 saturated carbocycles. The molecule has 5 heteroatoms. The number of unbranched alkanes of at least 4 members (excludes halogenated alkanes) is 1. The Hall–Kier alpha value is -2.14. The lowest BCUT2D eigenvalue weighted by atomic mass is 9.94. The van der Waals surface area contributed by atoms with Gasteiger partial charge in [0.05, 0.1) is 12.7 Å². The van der Waals surface area contributed by atoms with Crippen LogP contribution in [0.4, 0.5) is 8.78 Å². The van der Waals surface area contributed by atoms with E-state index >= 15 is 0 Å². The van der Waals surface area contributed by atoms with Gasteiger partial charge in [-0.3, -0.25) is 0 Å². The molecule has 0 aliphatic carbocycles. The van der Waals surface area contributed by atoms with Crippen LogP contribution < -0.4 is 9.47 Å². The fraction of sp³-hybridized carbons (Fsp3) is 0.500. The molecule has 158 valence electrons. The molecule has 0 radical (unpaired) electrons. The van der Waals surface area contributed by atoms with Crippen LogP contribution in [0.2, 0.25) is 0 Å². The van der Waals surface area contributed by atoms with Crippen molar-refractivity contribution < 1.29 is 23.0 Å². The number of ether oxygens (including phenoxy) is 3. The quantitative estimate of drug-likeness (QED) is 0.484. The zero-order valence-electron chi connectivity index (χ0n) is 17.3. The van der Waals surface area contributed by atoms with Gasteiger partial charge >= 0.3 is 0 Å². The molecule has 3 nitrogen and oxygen atoms in total. The summed E-state index contributed by atoms with van der Waals surface area (Å²) in [5.74, 6) is -0.570. The minimum Gasteiger partial charge on any atom is -0.491 e. The Bertz CT molecular complexity index is 768. The van der Waals surface area contributed by atoms with Crippen LogP contribution in [0.25, 0.3) is 11.1 Å². The monoisotopic (exact) mass is 404 g/mol. The van der Waals surface area contributed by atoms with Gasteiger partial charge in [0.2, 0.25) is 5.82 Å². The maximum absolute atomic E-state index is 14.4. The molecule has 2 atom stereocenters. The topological polar surface area (TPSA) is 27.7 Å². The van der Waals surface area contributed by atoms with Crippen LogP contribution >= 0.6 is 0 Å². The first-order valence-corrected chi connectivity index (χ1v) is 10.6. The summed E-state index contributed by atoms with van der Waals surface area (Å²) >= 11 is 0. The molecule has 3 rings (SSSR count). The molecule has 0 N–H and O–H groups in total. The zero-order chi connectivity index (χ0) is 20.6. The Labute approximate surface area is 172 Å². The maximum atomic E-state index is 14.4. The number of benzene rings is 2. The van der Waals surface area contributed by atoms with E-state index in [4.69, 9.17) is 14.2 Å². The van der Waals surface area contributed by atoms with Crippen molar-refractivity contribution in [3.8, 4) is 22.6 Å². The average molecular weight is 404 g/mol. The highest BCUT2D eigenvalue weighted by atomic mass is 19.2. The van der Waals surface area contributed by atoms with Crippen molar-refractivity contribution in [2.75, 3.05) is 19.8 Å². The lowest BCUT2D eigenvalue weighted by molar-refractivity contribution is -0.0393. The van der Waals surface area contributed by atoms with E-state index in [-0.39, 0.29) is 24.0 Å². The van der Waals surface area contributed by atoms with Crippen molar-refractivity contribution >= 4 is 0 Å². The Morgan fingerprint density at radius 1 is 0.966 bits per heavy atom. The minimum absolute atomic E-state index is 0.0712. The second kappa shape index (κ2) is 10.6. The smallest absolute Gasteiger partial charge is 0.201 e. The fourth-order valence-electron chi connectivity index (χ4n) is 3.65. The molecule has 2 aromatic carbocycles. The molecule has 0 spiro atoms. The third-order valence-corrected chi connectivity index (χ3v) is 5.38. The average Bonchev–Trinajstić information content (AvgIpc) is 2.75. The molecule has 2 aromatic rings. The van der Waals surface area contributed by atoms with Crippen molar-refractivity contribution in [1.82, 2.24) is 0 Å². The Kier molecular flexibility index (Phi) is 7.87. The molecule has 0 amide bonds. The van der Waals surface area contributed by atoms with Crippen LogP contribution in [0.5, 0.6) is 11.5 Å². The number of rotatable bonds is 9. The van der Waals surface area contributed by atoms with Crippen molar-refractivity contribution in [1.29, 1.82) is 0 Å². The normalized spacial score (nSPS) is 19.2. The molecular weight excluding hydrogens is 374 g/mol. The van der Waals surface area contributed by atoms with Crippen molar-refractivity contribution in [2.45, 2.75) is 52.1 Å². The lowest BCUT2D eigenvalue weighted by Gasteiger charge is -2.29. The zero-order valence-corrected chi connectivity index (χ0v) is 17.3. The first kappa shape index (κ1) is 21.6. The number of hydrogen-bond donors (Lipinski definition) is 0. The molecule has 1 aliphatic heterocycles. The molecule has 1 aliphatic rings. The molecule has 1 heterocycles. The molecule has 29 heavy (non-hydrogen) atoms. The van der Waals surface area contributed by atoms with Gasteiger partial charge in [-0.05, 0) is 61.9 Å². The van der Waals surface area contributed by atoms with E-state index in [2.05, 4.69) is 6.92 Å². The standard InChI is InChI=1S/C24H30F2O3/c1-3-5-6-17-7-10-20(28-15-17)16-29-19-11-8-18(9-12-19)21-13-14-22(27-4-2)24(26)23(21)25/h8-9,11-14,17,20H,3-7,10,15-16H2,1-2H3. The van der Waals surface area contributed by atoms with Gasteiger partial charge in [-0.2, -0.15) is 4.39 Å². The highest BCUT2D eigenvalue weighted by Crippen LogP contribution is 2.31. The lowest BCUT2D eigenvalue weighted by Crippen LogP contribution is -2.30. The van der Waals surface area contributed by atoms with E-state index in [1.54, 1.807) is 31.2 Å². The third kappa shape index (κ3) is 5.69. The van der Waals surface area contributed by atoms with Crippen LogP contribution in [0, 0.1) is 17.6 Å². The second-order valence-electron chi connectivity index (χ2n) is 7.55. The van der Waals surface area contributed by atoms with E-state index in [9.17, 15) is 8.78 Å². The van der Waals surface area contributed by atoms with Gasteiger partial charge in [-0.25, -0.2) is 4.39 Å². The summed E-state index contributed by atoms with van der Waals surface area (Å²) in [6.45, 7) is 5.55. The first-order valence-electron chi connectivity index (χ1n) is 10.6. The van der Waals surface area contributed by atoms with Gasteiger partial charge in [0, 0.05) is 12.2 Å². The largest absolute Gasteiger partial charge is 0.491 e. The number of halogens is 2. The number of hydrogen-bond acceptors (Lipinski definition) is 3. The molecule has 2 unspecified atom stereocenters. The Morgan fingerprint density at radius 2 is 1.76 bits per heavy atom. The van der Waals surface area contributed by atoms with E-state index in [0.29, 0.717) is 23.8 Å². The predicted molar refractivity (Wildman–Crippen MR) is 110 cm³/mol. The second-order valence-corrected chi connectivity index (χ2v) is 7.55. The Morgan fingerprint density at radius 3 is 2.41 bits per heavy atom. The third-order valence-electron chi connectivity index (χ3n) is 5.38. The van der Waals surface area contributed by atoms with E-state index < -0.39 is 11.6 Å². The van der Waals surface area contributed by atoms with Gasteiger partial charge < -0.3 is 14.2 Å². The van der Waals surface area contributed by atoms with Crippen molar-refractivity contribution in [2.24, 2.45) is 5.92 Å². The fourth-order valence-corrected chi connectivity index (χ4v) is 3.65. The van der Waals surface area contributed by atoms with Gasteiger partial charge in [0.25, 0.3) is 0 Å². The molecule has 0 bridgehead atoms. The maximum Gasteiger partial charge on any atom is 0.201 e. The SMILES string of the molecule is CCCCC1CCC(COc2ccc(-c3ccc(OCC)c(F)c3F)cc2)OC1. The summed E-state index contributed by atoms with van der Waals surface area (Å²) in [4.78, 5) is 0. The summed E-state index contributed by atoms with van der Waals surface area (Å²) in [6.07, 6.45) is 6.06. The molecular formula is C24H30F2O3. The summed E-state index contributed by atoms with van der Waals surface area (Å²) in [5.41, 5.74) is 0.788.